The number of aliphatic hydroxyl groups excluding tert-OH is 1. The molecule has 79 heavy (non-hydrogen) atoms. The van der Waals surface area contributed by atoms with Crippen LogP contribution in [-0.4, -0.2) is 129 Å². The zero-order valence-electron chi connectivity index (χ0n) is 46.3. The number of amides is 5. The number of halogens is 2. The Balaban J connectivity index is 0.737. The number of nitrogens with one attached hydrogen (secondary N) is 3. The van der Waals surface area contributed by atoms with E-state index in [2.05, 4.69) is 42.7 Å². The molecule has 4 aliphatic rings. The molecule has 3 saturated heterocycles. The van der Waals surface area contributed by atoms with Gasteiger partial charge in [0.1, 0.15) is 28.7 Å². The number of anilines is 2. The quantitative estimate of drug-likeness (QED) is 0.0438. The predicted molar refractivity (Wildman–Crippen MR) is 307 cm³/mol. The Labute approximate surface area is 477 Å². The minimum Gasteiger partial charge on any atom is -0.493 e. The molecule has 0 spiro atoms. The minimum absolute atomic E-state index is 0.0173. The van der Waals surface area contributed by atoms with Crippen molar-refractivity contribution in [3.05, 3.63) is 70.6 Å². The molecule has 6 N–H and O–H groups in total. The largest absolute Gasteiger partial charge is 0.493 e. The van der Waals surface area contributed by atoms with Gasteiger partial charge in [-0.25, -0.2) is 19.3 Å². The van der Waals surface area contributed by atoms with E-state index in [4.69, 9.17) is 22.1 Å². The van der Waals surface area contributed by atoms with E-state index in [0.29, 0.717) is 72.9 Å². The van der Waals surface area contributed by atoms with Crippen LogP contribution in [0.1, 0.15) is 129 Å². The molecule has 21 heteroatoms. The number of ether oxygens (including phenoxy) is 1. The van der Waals surface area contributed by atoms with E-state index in [1.807, 2.05) is 42.2 Å². The van der Waals surface area contributed by atoms with E-state index in [0.717, 1.165) is 96.9 Å². The number of aromatic nitrogens is 3. The molecule has 428 valence electrons. The second-order valence-corrected chi connectivity index (χ2v) is 25.6. The van der Waals surface area contributed by atoms with Gasteiger partial charge in [-0.3, -0.25) is 24.0 Å². The summed E-state index contributed by atoms with van der Waals surface area (Å²) in [5, 5.41) is 20.4. The van der Waals surface area contributed by atoms with Crippen molar-refractivity contribution in [1.82, 2.24) is 35.4 Å². The lowest BCUT2D eigenvalue weighted by molar-refractivity contribution is -0.145. The van der Waals surface area contributed by atoms with Crippen LogP contribution in [0.5, 0.6) is 5.75 Å². The number of thiazole rings is 1. The van der Waals surface area contributed by atoms with E-state index >= 15 is 0 Å². The first kappa shape index (κ1) is 59.7. The summed E-state index contributed by atoms with van der Waals surface area (Å²) >= 11 is 9.72. The lowest BCUT2D eigenvalue weighted by Gasteiger charge is -2.39. The van der Waals surface area contributed by atoms with Crippen LogP contribution in [0.2, 0.25) is 5.02 Å². The maximum absolute atomic E-state index is 14.7. The summed E-state index contributed by atoms with van der Waals surface area (Å²) in [7, 11) is 0. The van der Waals surface area contributed by atoms with Crippen LogP contribution in [0.25, 0.3) is 10.4 Å². The molecule has 0 bridgehead atoms. The number of piperidine rings is 2. The van der Waals surface area contributed by atoms with Crippen LogP contribution >= 0.6 is 34.7 Å². The SMILES string of the molecule is Cc1ncsc1-c1ccc(CNC(=O)[C@@H]2C[C@@H](O)CN2C(=O)[C@@H](NC(=O)C2(F)CC2)C(C)(C)C)c(OCCCCCC(=O)N2CCC(CCCC(=O)Nc3cccc(Sc4cnc(N5CCC(C)(CN)CC5)cn4)c3Cl)CC2)c1. The number of nitrogens with two attached hydrogens (primary N) is 1. The number of hydrogen-bond donors (Lipinski definition) is 5. The number of aliphatic hydroxyl groups is 1. The summed E-state index contributed by atoms with van der Waals surface area (Å²) < 4.78 is 21.1. The van der Waals surface area contributed by atoms with Gasteiger partial charge in [0.2, 0.25) is 23.6 Å². The van der Waals surface area contributed by atoms with Gasteiger partial charge in [-0.1, -0.05) is 69.3 Å². The molecule has 3 aliphatic heterocycles. The molecule has 2 aromatic heterocycles. The van der Waals surface area contributed by atoms with Gasteiger partial charge >= 0.3 is 0 Å². The first-order chi connectivity index (χ1) is 37.7. The molecule has 2 aromatic carbocycles. The van der Waals surface area contributed by atoms with Crippen molar-refractivity contribution in [2.45, 2.75) is 165 Å². The molecule has 5 amide bonds. The summed E-state index contributed by atoms with van der Waals surface area (Å²) in [6.07, 6.45) is 11.4. The van der Waals surface area contributed by atoms with Crippen molar-refractivity contribution in [1.29, 1.82) is 0 Å². The van der Waals surface area contributed by atoms with Crippen LogP contribution in [-0.2, 0) is 30.5 Å². The van der Waals surface area contributed by atoms with Gasteiger partial charge < -0.3 is 46.2 Å². The zero-order chi connectivity index (χ0) is 56.5. The minimum atomic E-state index is -1.98. The monoisotopic (exact) mass is 1140 g/mol. The molecular formula is C58H78ClFN10O7S2. The highest BCUT2D eigenvalue weighted by atomic mass is 35.5. The van der Waals surface area contributed by atoms with Gasteiger partial charge in [0.15, 0.2) is 5.67 Å². The number of likely N-dealkylation sites (tertiary alicyclic amines) is 2. The van der Waals surface area contributed by atoms with Crippen molar-refractivity contribution < 1.29 is 38.2 Å². The Hall–Kier alpha value is -5.41. The summed E-state index contributed by atoms with van der Waals surface area (Å²) in [6.45, 7) is 13.8. The highest BCUT2D eigenvalue weighted by molar-refractivity contribution is 7.99. The Bertz CT molecular complexity index is 2780. The zero-order valence-corrected chi connectivity index (χ0v) is 48.7. The molecule has 8 rings (SSSR count). The number of carbonyl (C=O) groups is 5. The molecule has 5 heterocycles. The molecule has 4 fully saturated rings. The van der Waals surface area contributed by atoms with Crippen molar-refractivity contribution in [2.24, 2.45) is 22.5 Å². The second kappa shape index (κ2) is 26.5. The second-order valence-electron chi connectivity index (χ2n) is 23.3. The van der Waals surface area contributed by atoms with E-state index in [1.54, 1.807) is 44.7 Å². The smallest absolute Gasteiger partial charge is 0.258 e. The molecule has 1 aliphatic carbocycles. The highest BCUT2D eigenvalue weighted by Gasteiger charge is 2.53. The van der Waals surface area contributed by atoms with Gasteiger partial charge in [0, 0.05) is 69.0 Å². The number of rotatable bonds is 23. The van der Waals surface area contributed by atoms with Gasteiger partial charge in [-0.15, -0.1) is 11.3 Å². The molecule has 4 aromatic rings. The van der Waals surface area contributed by atoms with Crippen molar-refractivity contribution in [3.8, 4) is 16.2 Å². The van der Waals surface area contributed by atoms with Gasteiger partial charge in [-0.05, 0) is 125 Å². The van der Waals surface area contributed by atoms with Crippen LogP contribution < -0.4 is 31.3 Å². The fraction of sp³-hybridized carbons (Fsp3) is 0.586. The first-order valence-corrected chi connectivity index (χ1v) is 30.0. The Morgan fingerprint density at radius 3 is 2.41 bits per heavy atom. The topological polar surface area (TPSA) is 225 Å². The summed E-state index contributed by atoms with van der Waals surface area (Å²) in [5.41, 5.74) is 8.27. The van der Waals surface area contributed by atoms with Crippen LogP contribution in [0.15, 0.2) is 64.2 Å². The third kappa shape index (κ3) is 15.7. The van der Waals surface area contributed by atoms with Gasteiger partial charge in [0.05, 0.1) is 51.9 Å². The van der Waals surface area contributed by atoms with Crippen LogP contribution in [0.3, 0.4) is 0 Å². The van der Waals surface area contributed by atoms with E-state index in [-0.39, 0.29) is 49.6 Å². The van der Waals surface area contributed by atoms with Crippen LogP contribution in [0, 0.1) is 23.7 Å². The predicted octanol–water partition coefficient (Wildman–Crippen LogP) is 8.88. The Kier molecular flexibility index (Phi) is 20.0. The summed E-state index contributed by atoms with van der Waals surface area (Å²) in [5.74, 6) is 0.104. The van der Waals surface area contributed by atoms with E-state index < -0.39 is 47.0 Å². The fourth-order valence-electron chi connectivity index (χ4n) is 10.5. The maximum atomic E-state index is 14.7. The van der Waals surface area contributed by atoms with E-state index in [1.165, 1.54) is 28.0 Å². The first-order valence-electron chi connectivity index (χ1n) is 28.0. The number of β-amino-alcohol motifs (C(OH)–C–C–N with tert-alkyl or cyclic N) is 1. The average molecular weight is 1150 g/mol. The number of benzene rings is 2. The number of carbonyl (C=O) groups excluding carboxylic acids is 5. The van der Waals surface area contributed by atoms with Crippen molar-refractivity contribution in [3.63, 3.8) is 0 Å². The fourth-order valence-corrected chi connectivity index (χ4v) is 12.4. The lowest BCUT2D eigenvalue weighted by atomic mass is 9.80. The number of hydrogen-bond acceptors (Lipinski definition) is 14. The third-order valence-corrected chi connectivity index (χ3v) is 18.5. The third-order valence-electron chi connectivity index (χ3n) is 16.0. The summed E-state index contributed by atoms with van der Waals surface area (Å²) in [4.78, 5) is 87.9. The lowest BCUT2D eigenvalue weighted by Crippen LogP contribution is -2.59. The standard InChI is InChI=1S/C58H78ClFN10O7S2/c1-37-51(78-36-65-37)39-16-17-40(31-64-53(74)43-30-41(71)34-70(43)54(75)52(56(2,3)4)67-55(76)58(60)20-21-58)44(29-39)77-28-8-6-7-15-49(73)69-24-18-38(19-25-69)11-9-14-47(72)66-42-12-10-13-45(50(42)59)79-48-33-62-46(32-63-48)68-26-22-57(5,35-61)23-27-68/h10,12-13,16-17,29,32-33,36,38,41,43,52,71H,6-9,11,14-15,18-28,30-31,34-35,61H2,1-5H3,(H,64,74)(H,66,72)(H,67,76)/t41-,43+,52-/m1/s1. The molecule has 1 saturated carbocycles. The van der Waals surface area contributed by atoms with Crippen molar-refractivity contribution in [2.75, 3.05) is 56.1 Å². The number of nitrogens with zero attached hydrogens (tertiary/aromatic N) is 6. The Morgan fingerprint density at radius 2 is 1.73 bits per heavy atom. The molecule has 3 atom stereocenters. The van der Waals surface area contributed by atoms with E-state index in [9.17, 15) is 33.5 Å². The van der Waals surface area contributed by atoms with Gasteiger partial charge in [-0.2, -0.15) is 0 Å². The van der Waals surface area contributed by atoms with Gasteiger partial charge in [0.25, 0.3) is 5.91 Å². The molecule has 0 unspecified atom stereocenters. The molecule has 0 radical (unpaired) electrons. The van der Waals surface area contributed by atoms with Crippen LogP contribution in [0.4, 0.5) is 15.9 Å². The number of unbranched alkanes of at least 4 members (excludes halogenated alkanes) is 2. The summed E-state index contributed by atoms with van der Waals surface area (Å²) in [6, 6.07) is 9.27. The molecule has 17 nitrogen and oxygen atoms in total. The highest BCUT2D eigenvalue weighted by Crippen LogP contribution is 2.41. The normalized spacial score (nSPS) is 19.4. The Morgan fingerprint density at radius 1 is 0.975 bits per heavy atom. The average Bonchev–Trinajstić information content (AvgIpc) is 3.86. The van der Waals surface area contributed by atoms with Crippen molar-refractivity contribution >= 4 is 75.7 Å². The molecular weight excluding hydrogens is 1070 g/mol. The maximum Gasteiger partial charge on any atom is 0.258 e. The number of alkyl halides is 1. The number of aryl methyl sites for hydroxylation is 1.